The van der Waals surface area contributed by atoms with Gasteiger partial charge in [-0.1, -0.05) is 0 Å². The number of rotatable bonds is 2. The molecule has 0 spiro atoms. The highest BCUT2D eigenvalue weighted by Gasteiger charge is 2.52. The molecule has 0 saturated carbocycles. The molecular weight excluding hydrogens is 282 g/mol. The summed E-state index contributed by atoms with van der Waals surface area (Å²) in [7, 11) is 1.71. The summed E-state index contributed by atoms with van der Waals surface area (Å²) < 4.78 is 5.50. The molecule has 1 aromatic rings. The Labute approximate surface area is 119 Å². The van der Waals surface area contributed by atoms with Gasteiger partial charge in [-0.25, -0.2) is 4.90 Å². The Bertz CT molecular complexity index is 607. The molecule has 0 radical (unpaired) electrons. The molecule has 0 aliphatic carbocycles. The number of hydrogen-bond donors (Lipinski definition) is 6. The fraction of sp³-hybridized carbons (Fsp3) is 0.636. The van der Waals surface area contributed by atoms with Crippen molar-refractivity contribution in [3.63, 3.8) is 0 Å². The smallest absolute Gasteiger partial charge is 0.282 e. The van der Waals surface area contributed by atoms with Crippen LogP contribution in [-0.4, -0.2) is 70.2 Å². The molecule has 5 unspecified atom stereocenters. The molecular formula is C11H18N5O5+. The van der Waals surface area contributed by atoms with Gasteiger partial charge in [0.1, 0.15) is 12.2 Å². The number of ether oxygens (including phenoxy) is 1. The normalized spacial score (nSPS) is 35.2. The van der Waals surface area contributed by atoms with Crippen molar-refractivity contribution in [1.82, 2.24) is 9.97 Å². The van der Waals surface area contributed by atoms with E-state index in [0.717, 1.165) is 0 Å². The molecule has 3 rings (SSSR count). The van der Waals surface area contributed by atoms with Crippen LogP contribution < -0.4 is 21.1 Å². The van der Waals surface area contributed by atoms with E-state index in [0.29, 0.717) is 23.1 Å². The number of quaternary nitrogens is 1. The fourth-order valence-corrected chi connectivity index (χ4v) is 2.88. The molecule has 1 aromatic heterocycles. The molecule has 116 valence electrons. The van der Waals surface area contributed by atoms with E-state index in [2.05, 4.69) is 9.97 Å². The summed E-state index contributed by atoms with van der Waals surface area (Å²) in [6, 6.07) is 0. The summed E-state index contributed by atoms with van der Waals surface area (Å²) in [6.45, 7) is -0.0862. The minimum Gasteiger partial charge on any atom is -0.394 e. The first-order valence-corrected chi connectivity index (χ1v) is 6.53. The van der Waals surface area contributed by atoms with E-state index in [9.17, 15) is 15.0 Å². The number of aliphatic hydroxyl groups is 3. The third-order valence-electron chi connectivity index (χ3n) is 3.89. The van der Waals surface area contributed by atoms with Crippen molar-refractivity contribution in [2.24, 2.45) is 0 Å². The van der Waals surface area contributed by atoms with Gasteiger partial charge in [-0.15, -0.1) is 0 Å². The third kappa shape index (κ3) is 2.08. The SMILES string of the molecule is CN1C[NH+](C2OC(CO)C(O)C2O)c2nc(N)[nH]c(=O)c21. The second-order valence-electron chi connectivity index (χ2n) is 5.29. The number of nitrogens with one attached hydrogen (secondary N) is 2. The molecule has 1 saturated heterocycles. The Balaban J connectivity index is 1.99. The number of anilines is 2. The Kier molecular flexibility index (Phi) is 3.34. The molecule has 1 fully saturated rings. The van der Waals surface area contributed by atoms with Gasteiger partial charge >= 0.3 is 0 Å². The van der Waals surface area contributed by atoms with E-state index in [4.69, 9.17) is 15.6 Å². The number of nitrogens with zero attached hydrogens (tertiary/aromatic N) is 2. The van der Waals surface area contributed by atoms with Gasteiger partial charge in [-0.05, 0) is 0 Å². The predicted octanol–water partition coefficient (Wildman–Crippen LogP) is -4.29. The van der Waals surface area contributed by atoms with Crippen molar-refractivity contribution >= 4 is 17.5 Å². The van der Waals surface area contributed by atoms with Crippen molar-refractivity contribution in [2.75, 3.05) is 31.0 Å². The van der Waals surface area contributed by atoms with Crippen molar-refractivity contribution in [1.29, 1.82) is 0 Å². The van der Waals surface area contributed by atoms with E-state index in [-0.39, 0.29) is 11.5 Å². The molecule has 2 aliphatic rings. The number of H-pyrrole nitrogens is 1. The number of nitrogens with two attached hydrogens (primary N) is 1. The largest absolute Gasteiger partial charge is 0.394 e. The van der Waals surface area contributed by atoms with Crippen molar-refractivity contribution in [2.45, 2.75) is 24.5 Å². The summed E-state index contributed by atoms with van der Waals surface area (Å²) in [5.74, 6) is 0.326. The highest BCUT2D eigenvalue weighted by Crippen LogP contribution is 2.24. The van der Waals surface area contributed by atoms with Crippen molar-refractivity contribution < 1.29 is 25.0 Å². The Morgan fingerprint density at radius 2 is 2.24 bits per heavy atom. The van der Waals surface area contributed by atoms with Gasteiger partial charge in [0, 0.05) is 7.05 Å². The van der Waals surface area contributed by atoms with Crippen LogP contribution in [0.4, 0.5) is 17.5 Å². The molecule has 10 heteroatoms. The monoisotopic (exact) mass is 300 g/mol. The van der Waals surface area contributed by atoms with Crippen molar-refractivity contribution in [3.05, 3.63) is 10.4 Å². The van der Waals surface area contributed by atoms with Gasteiger partial charge in [0.05, 0.1) is 6.61 Å². The number of nitrogen functional groups attached to an aromatic ring is 1. The average molecular weight is 300 g/mol. The predicted molar refractivity (Wildman–Crippen MR) is 70.9 cm³/mol. The number of aromatic nitrogens is 2. The molecule has 0 bridgehead atoms. The van der Waals surface area contributed by atoms with Gasteiger partial charge in [0.2, 0.25) is 12.2 Å². The zero-order chi connectivity index (χ0) is 15.3. The van der Waals surface area contributed by atoms with Crippen LogP contribution >= 0.6 is 0 Å². The van der Waals surface area contributed by atoms with Gasteiger partial charge in [-0.3, -0.25) is 9.78 Å². The highest BCUT2D eigenvalue weighted by molar-refractivity contribution is 5.60. The molecule has 21 heavy (non-hydrogen) atoms. The summed E-state index contributed by atoms with van der Waals surface area (Å²) in [5.41, 5.74) is 5.53. The molecule has 10 nitrogen and oxygen atoms in total. The van der Waals surface area contributed by atoms with E-state index < -0.39 is 31.1 Å². The fourth-order valence-electron chi connectivity index (χ4n) is 2.88. The van der Waals surface area contributed by atoms with Crippen LogP contribution in [0.1, 0.15) is 0 Å². The summed E-state index contributed by atoms with van der Waals surface area (Å²) in [4.78, 5) is 20.7. The lowest BCUT2D eigenvalue weighted by Gasteiger charge is -2.21. The van der Waals surface area contributed by atoms with E-state index in [1.807, 2.05) is 0 Å². The minimum absolute atomic E-state index is 0.0294. The second kappa shape index (κ2) is 4.93. The first-order valence-electron chi connectivity index (χ1n) is 6.53. The summed E-state index contributed by atoms with van der Waals surface area (Å²) in [6.07, 6.45) is -4.10. The number of aliphatic hydroxyl groups excluding tert-OH is 3. The number of aromatic amines is 1. The Hall–Kier alpha value is -1.72. The average Bonchev–Trinajstić information content (AvgIpc) is 2.89. The molecule has 0 aromatic carbocycles. The standard InChI is InChI=1S/C11H17N5O5/c1-15-3-16(8-5(15)9(20)14-11(12)13-8)10-7(19)6(18)4(2-17)21-10/h4,6-7,10,17-19H,2-3H2,1H3,(H3,12,13,14,20)/p+1. The van der Waals surface area contributed by atoms with Gasteiger partial charge in [-0.2, -0.15) is 4.98 Å². The highest BCUT2D eigenvalue weighted by atomic mass is 16.6. The van der Waals surface area contributed by atoms with E-state index in [1.54, 1.807) is 11.9 Å². The van der Waals surface area contributed by atoms with Crippen LogP contribution in [0.15, 0.2) is 4.79 Å². The van der Waals surface area contributed by atoms with Crippen LogP contribution in [-0.2, 0) is 4.74 Å². The zero-order valence-electron chi connectivity index (χ0n) is 11.4. The van der Waals surface area contributed by atoms with Crippen LogP contribution in [0, 0.1) is 0 Å². The summed E-state index contributed by atoms with van der Waals surface area (Å²) in [5, 5.41) is 29.1. The van der Waals surface area contributed by atoms with Gasteiger partial charge in [0.25, 0.3) is 11.4 Å². The first-order chi connectivity index (χ1) is 9.93. The molecule has 0 amide bonds. The van der Waals surface area contributed by atoms with Crippen molar-refractivity contribution in [3.8, 4) is 0 Å². The van der Waals surface area contributed by atoms with Gasteiger partial charge < -0.3 is 30.7 Å². The lowest BCUT2D eigenvalue weighted by molar-refractivity contribution is -0.885. The molecule has 5 atom stereocenters. The van der Waals surface area contributed by atoms with Crippen LogP contribution in [0.3, 0.4) is 0 Å². The molecule has 7 N–H and O–H groups in total. The maximum absolute atomic E-state index is 11.9. The number of fused-ring (bicyclic) bond motifs is 1. The minimum atomic E-state index is -1.20. The van der Waals surface area contributed by atoms with Crippen LogP contribution in [0.25, 0.3) is 0 Å². The first kappa shape index (κ1) is 14.2. The van der Waals surface area contributed by atoms with Gasteiger partial charge in [0.15, 0.2) is 18.5 Å². The maximum Gasteiger partial charge on any atom is 0.282 e. The lowest BCUT2D eigenvalue weighted by Crippen LogP contribution is -3.12. The Morgan fingerprint density at radius 3 is 2.86 bits per heavy atom. The lowest BCUT2D eigenvalue weighted by atomic mass is 10.1. The Morgan fingerprint density at radius 1 is 1.52 bits per heavy atom. The third-order valence-corrected chi connectivity index (χ3v) is 3.89. The van der Waals surface area contributed by atoms with Crippen LogP contribution in [0.5, 0.6) is 0 Å². The summed E-state index contributed by atoms with van der Waals surface area (Å²) >= 11 is 0. The topological polar surface area (TPSA) is 149 Å². The molecule has 3 heterocycles. The second-order valence-corrected chi connectivity index (χ2v) is 5.29. The van der Waals surface area contributed by atoms with E-state index in [1.165, 1.54) is 0 Å². The maximum atomic E-state index is 11.9. The molecule has 2 aliphatic heterocycles. The van der Waals surface area contributed by atoms with E-state index >= 15 is 0 Å². The number of hydrogen-bond acceptors (Lipinski definition) is 8. The quantitative estimate of drug-likeness (QED) is 0.321. The van der Waals surface area contributed by atoms with Crippen LogP contribution in [0.2, 0.25) is 0 Å². The zero-order valence-corrected chi connectivity index (χ0v) is 11.4.